The third-order valence-electron chi connectivity index (χ3n) is 4.09. The number of aryl methyl sites for hydroxylation is 1. The van der Waals surface area contributed by atoms with Crippen LogP contribution >= 0.6 is 11.3 Å². The number of nitrogens with two attached hydrogens (primary N) is 1. The topological polar surface area (TPSA) is 43.8 Å². The number of aromatic nitrogens is 2. The van der Waals surface area contributed by atoms with Gasteiger partial charge in [0.15, 0.2) is 0 Å². The van der Waals surface area contributed by atoms with Crippen molar-refractivity contribution in [2.24, 2.45) is 5.73 Å². The summed E-state index contributed by atoms with van der Waals surface area (Å²) in [5.74, 6) is 0. The summed E-state index contributed by atoms with van der Waals surface area (Å²) in [6.45, 7) is 2.13. The lowest BCUT2D eigenvalue weighted by Crippen LogP contribution is -2.14. The van der Waals surface area contributed by atoms with Crippen molar-refractivity contribution >= 4 is 11.3 Å². The number of rotatable bonds is 4. The van der Waals surface area contributed by atoms with Crippen LogP contribution in [0.3, 0.4) is 0 Å². The maximum absolute atomic E-state index is 6.29. The first-order chi connectivity index (χ1) is 9.24. The molecule has 0 aliphatic heterocycles. The average Bonchev–Trinajstić information content (AvgIpc) is 3.07. The minimum atomic E-state index is 0.0678. The quantitative estimate of drug-likeness (QED) is 0.926. The average molecular weight is 275 g/mol. The van der Waals surface area contributed by atoms with Crippen LogP contribution in [0.25, 0.3) is 0 Å². The molecule has 0 bridgehead atoms. The van der Waals surface area contributed by atoms with Crippen molar-refractivity contribution in [3.8, 4) is 0 Å². The van der Waals surface area contributed by atoms with Crippen molar-refractivity contribution in [3.63, 3.8) is 0 Å². The minimum absolute atomic E-state index is 0.0678. The monoisotopic (exact) mass is 275 g/mol. The van der Waals surface area contributed by atoms with Crippen molar-refractivity contribution < 1.29 is 0 Å². The Balaban J connectivity index is 1.68. The molecule has 2 aromatic heterocycles. The summed E-state index contributed by atoms with van der Waals surface area (Å²) in [6, 6.07) is 2.81. The SMILES string of the molecule is Cc1cscc1C(N)Cc1ccn(C2CCCC2)n1. The van der Waals surface area contributed by atoms with Crippen LogP contribution in [0.1, 0.15) is 54.6 Å². The molecule has 19 heavy (non-hydrogen) atoms. The summed E-state index contributed by atoms with van der Waals surface area (Å²) >= 11 is 1.73. The fraction of sp³-hybridized carbons (Fsp3) is 0.533. The van der Waals surface area contributed by atoms with E-state index in [9.17, 15) is 0 Å². The van der Waals surface area contributed by atoms with Crippen LogP contribution in [0.15, 0.2) is 23.0 Å². The van der Waals surface area contributed by atoms with Gasteiger partial charge in [-0.15, -0.1) is 0 Å². The molecule has 3 rings (SSSR count). The van der Waals surface area contributed by atoms with E-state index in [2.05, 4.69) is 34.6 Å². The van der Waals surface area contributed by atoms with Gasteiger partial charge in [0.05, 0.1) is 11.7 Å². The van der Waals surface area contributed by atoms with Gasteiger partial charge in [0.2, 0.25) is 0 Å². The highest BCUT2D eigenvalue weighted by Gasteiger charge is 2.18. The second kappa shape index (κ2) is 5.47. The number of hydrogen-bond acceptors (Lipinski definition) is 3. The summed E-state index contributed by atoms with van der Waals surface area (Å²) in [4.78, 5) is 0. The standard InChI is InChI=1S/C15H21N3S/c1-11-9-19-10-14(11)15(16)8-12-6-7-18(17-12)13-4-2-3-5-13/h6-7,9-10,13,15H,2-5,8,16H2,1H3. The van der Waals surface area contributed by atoms with Gasteiger partial charge in [-0.25, -0.2) is 0 Å². The Morgan fingerprint density at radius 1 is 1.42 bits per heavy atom. The van der Waals surface area contributed by atoms with E-state index in [-0.39, 0.29) is 6.04 Å². The van der Waals surface area contributed by atoms with Crippen molar-refractivity contribution in [3.05, 3.63) is 39.8 Å². The Morgan fingerprint density at radius 2 is 2.21 bits per heavy atom. The maximum atomic E-state index is 6.29. The van der Waals surface area contributed by atoms with Crippen LogP contribution in [0.4, 0.5) is 0 Å². The molecule has 102 valence electrons. The van der Waals surface area contributed by atoms with E-state index < -0.39 is 0 Å². The fourth-order valence-electron chi connectivity index (χ4n) is 2.94. The first kappa shape index (κ1) is 12.9. The molecule has 2 aromatic rings. The lowest BCUT2D eigenvalue weighted by atomic mass is 10.0. The van der Waals surface area contributed by atoms with E-state index in [4.69, 9.17) is 10.8 Å². The van der Waals surface area contributed by atoms with Crippen LogP contribution in [-0.4, -0.2) is 9.78 Å². The van der Waals surface area contributed by atoms with Gasteiger partial charge in [-0.05, 0) is 47.7 Å². The van der Waals surface area contributed by atoms with Crippen molar-refractivity contribution in [2.75, 3.05) is 0 Å². The van der Waals surface area contributed by atoms with Gasteiger partial charge >= 0.3 is 0 Å². The summed E-state index contributed by atoms with van der Waals surface area (Å²) in [5, 5.41) is 9.03. The molecule has 0 radical (unpaired) electrons. The second-order valence-corrected chi connectivity index (χ2v) is 6.29. The third kappa shape index (κ3) is 2.74. The second-order valence-electron chi connectivity index (χ2n) is 5.55. The molecule has 3 nitrogen and oxygen atoms in total. The predicted octanol–water partition coefficient (Wildman–Crippen LogP) is 3.61. The predicted molar refractivity (Wildman–Crippen MR) is 79.4 cm³/mol. The van der Waals surface area contributed by atoms with E-state index in [1.54, 1.807) is 11.3 Å². The summed E-state index contributed by atoms with van der Waals surface area (Å²) in [6.07, 6.45) is 8.18. The Hall–Kier alpha value is -1.13. The van der Waals surface area contributed by atoms with Gasteiger partial charge in [0, 0.05) is 18.7 Å². The summed E-state index contributed by atoms with van der Waals surface area (Å²) < 4.78 is 2.15. The van der Waals surface area contributed by atoms with E-state index in [0.717, 1.165) is 12.1 Å². The zero-order chi connectivity index (χ0) is 13.2. The zero-order valence-corrected chi connectivity index (χ0v) is 12.2. The number of thiophene rings is 1. The first-order valence-electron chi connectivity index (χ1n) is 7.06. The van der Waals surface area contributed by atoms with E-state index in [1.165, 1.54) is 36.8 Å². The Bertz CT molecular complexity index is 537. The van der Waals surface area contributed by atoms with Crippen LogP contribution in [-0.2, 0) is 6.42 Å². The third-order valence-corrected chi connectivity index (χ3v) is 4.97. The van der Waals surface area contributed by atoms with Gasteiger partial charge in [0.1, 0.15) is 0 Å². The zero-order valence-electron chi connectivity index (χ0n) is 11.4. The minimum Gasteiger partial charge on any atom is -0.324 e. The molecule has 0 saturated heterocycles. The molecule has 2 heterocycles. The molecule has 1 aliphatic carbocycles. The van der Waals surface area contributed by atoms with Crippen molar-refractivity contribution in [2.45, 2.75) is 51.1 Å². The molecule has 0 aromatic carbocycles. The molecule has 1 aliphatic rings. The Kier molecular flexibility index (Phi) is 3.71. The molecule has 2 N–H and O–H groups in total. The molecule has 0 amide bonds. The summed E-state index contributed by atoms with van der Waals surface area (Å²) in [5.41, 5.74) is 9.97. The van der Waals surface area contributed by atoms with Gasteiger partial charge in [-0.1, -0.05) is 12.8 Å². The highest BCUT2D eigenvalue weighted by atomic mass is 32.1. The molecule has 4 heteroatoms. The van der Waals surface area contributed by atoms with Crippen molar-refractivity contribution in [1.29, 1.82) is 0 Å². The van der Waals surface area contributed by atoms with Gasteiger partial charge in [-0.3, -0.25) is 4.68 Å². The van der Waals surface area contributed by atoms with Gasteiger partial charge < -0.3 is 5.73 Å². The maximum Gasteiger partial charge on any atom is 0.0643 e. The largest absolute Gasteiger partial charge is 0.324 e. The highest BCUT2D eigenvalue weighted by molar-refractivity contribution is 7.08. The molecule has 1 saturated carbocycles. The Labute approximate surface area is 118 Å². The lowest BCUT2D eigenvalue weighted by Gasteiger charge is -2.11. The van der Waals surface area contributed by atoms with Crippen LogP contribution in [0.2, 0.25) is 0 Å². The molecule has 0 spiro atoms. The van der Waals surface area contributed by atoms with Crippen LogP contribution in [0, 0.1) is 6.92 Å². The normalized spacial score (nSPS) is 18.0. The first-order valence-corrected chi connectivity index (χ1v) is 8.00. The lowest BCUT2D eigenvalue weighted by molar-refractivity contribution is 0.461. The molecule has 1 fully saturated rings. The van der Waals surface area contributed by atoms with E-state index in [1.807, 2.05) is 0 Å². The van der Waals surface area contributed by atoms with Crippen LogP contribution in [0.5, 0.6) is 0 Å². The van der Waals surface area contributed by atoms with Gasteiger partial charge in [-0.2, -0.15) is 16.4 Å². The number of nitrogens with zero attached hydrogens (tertiary/aromatic N) is 2. The molecular formula is C15H21N3S. The molecule has 1 atom stereocenters. The number of hydrogen-bond donors (Lipinski definition) is 1. The summed E-state index contributed by atoms with van der Waals surface area (Å²) in [7, 11) is 0. The molecule has 1 unspecified atom stereocenters. The highest BCUT2D eigenvalue weighted by Crippen LogP contribution is 2.29. The fourth-order valence-corrected chi connectivity index (χ4v) is 3.86. The van der Waals surface area contributed by atoms with Crippen LogP contribution < -0.4 is 5.73 Å². The van der Waals surface area contributed by atoms with Gasteiger partial charge in [0.25, 0.3) is 0 Å². The Morgan fingerprint density at radius 3 is 2.89 bits per heavy atom. The van der Waals surface area contributed by atoms with Crippen molar-refractivity contribution in [1.82, 2.24) is 9.78 Å². The molecular weight excluding hydrogens is 254 g/mol. The smallest absolute Gasteiger partial charge is 0.0643 e. The van der Waals surface area contributed by atoms with E-state index in [0.29, 0.717) is 6.04 Å². The van der Waals surface area contributed by atoms with E-state index >= 15 is 0 Å².